The van der Waals surface area contributed by atoms with Gasteiger partial charge >= 0.3 is 5.97 Å². The molecule has 0 N–H and O–H groups in total. The number of alkyl halides is 1. The predicted molar refractivity (Wildman–Crippen MR) is 65.0 cm³/mol. The summed E-state index contributed by atoms with van der Waals surface area (Å²) in [4.78, 5) is 22.8. The van der Waals surface area contributed by atoms with Crippen LogP contribution in [-0.2, 0) is 16.0 Å². The van der Waals surface area contributed by atoms with Gasteiger partial charge in [-0.2, -0.15) is 5.26 Å². The van der Waals surface area contributed by atoms with E-state index in [2.05, 4.69) is 20.7 Å². The molecule has 1 aromatic carbocycles. The molecule has 0 fully saturated rings. The Labute approximate surface area is 107 Å². The van der Waals surface area contributed by atoms with E-state index in [4.69, 9.17) is 5.26 Å². The molecule has 0 aliphatic rings. The molecule has 5 heteroatoms. The molecule has 88 valence electrons. The van der Waals surface area contributed by atoms with Crippen molar-refractivity contribution in [3.05, 3.63) is 34.9 Å². The lowest BCUT2D eigenvalue weighted by Crippen LogP contribution is -2.11. The monoisotopic (exact) mass is 295 g/mol. The van der Waals surface area contributed by atoms with Crippen molar-refractivity contribution in [2.75, 3.05) is 12.4 Å². The molecule has 4 nitrogen and oxygen atoms in total. The number of methoxy groups -OCH3 is 1. The number of carbonyl (C=O) groups excluding carboxylic acids is 2. The molecule has 0 unspecified atom stereocenters. The summed E-state index contributed by atoms with van der Waals surface area (Å²) in [7, 11) is 1.27. The Bertz CT molecular complexity index is 491. The maximum absolute atomic E-state index is 11.5. The predicted octanol–water partition coefficient (Wildman–Crippen LogP) is 1.85. The highest BCUT2D eigenvalue weighted by Gasteiger charge is 2.14. The number of benzene rings is 1. The van der Waals surface area contributed by atoms with Crippen molar-refractivity contribution < 1.29 is 14.3 Å². The number of ether oxygens (including phenoxy) is 1. The van der Waals surface area contributed by atoms with Crippen LogP contribution in [0.1, 0.15) is 21.5 Å². The highest BCUT2D eigenvalue weighted by Crippen LogP contribution is 2.14. The van der Waals surface area contributed by atoms with Crippen molar-refractivity contribution in [2.45, 2.75) is 6.42 Å². The average molecular weight is 296 g/mol. The number of halogens is 1. The third kappa shape index (κ3) is 3.40. The molecular weight excluding hydrogens is 286 g/mol. The zero-order chi connectivity index (χ0) is 12.8. The molecular formula is C12H10BrNO3. The van der Waals surface area contributed by atoms with Gasteiger partial charge in [-0.15, -0.1) is 0 Å². The number of ketones is 1. The van der Waals surface area contributed by atoms with Crippen LogP contribution >= 0.6 is 15.9 Å². The fourth-order valence-electron chi connectivity index (χ4n) is 1.38. The third-order valence-electron chi connectivity index (χ3n) is 2.18. The van der Waals surface area contributed by atoms with E-state index in [1.165, 1.54) is 25.3 Å². The van der Waals surface area contributed by atoms with Crippen LogP contribution in [0.15, 0.2) is 18.2 Å². The maximum atomic E-state index is 11.5. The first-order valence-electron chi connectivity index (χ1n) is 4.81. The topological polar surface area (TPSA) is 67.2 Å². The summed E-state index contributed by atoms with van der Waals surface area (Å²) in [5.74, 6) is -0.572. The van der Waals surface area contributed by atoms with Gasteiger partial charge < -0.3 is 4.74 Å². The minimum atomic E-state index is -0.508. The first kappa shape index (κ1) is 13.4. The molecule has 0 heterocycles. The van der Waals surface area contributed by atoms with Crippen molar-refractivity contribution in [1.82, 2.24) is 0 Å². The standard InChI is InChI=1S/C12H10BrNO3/c1-17-12(16)11-3-2-8(7-14)4-9(11)5-10(15)6-13/h2-4H,5-6H2,1H3. The lowest BCUT2D eigenvalue weighted by Gasteiger charge is -2.07. The lowest BCUT2D eigenvalue weighted by atomic mass is 10.00. The van der Waals surface area contributed by atoms with Gasteiger partial charge in [0.25, 0.3) is 0 Å². The maximum Gasteiger partial charge on any atom is 0.338 e. The van der Waals surface area contributed by atoms with Crippen LogP contribution in [0.2, 0.25) is 0 Å². The van der Waals surface area contributed by atoms with E-state index < -0.39 is 5.97 Å². The van der Waals surface area contributed by atoms with Gasteiger partial charge in [0.1, 0.15) is 5.78 Å². The largest absolute Gasteiger partial charge is 0.465 e. The van der Waals surface area contributed by atoms with Gasteiger partial charge in [0.2, 0.25) is 0 Å². The van der Waals surface area contributed by atoms with Crippen LogP contribution in [0.3, 0.4) is 0 Å². The molecule has 0 aliphatic heterocycles. The molecule has 1 rings (SSSR count). The first-order chi connectivity index (χ1) is 8.12. The Morgan fingerprint density at radius 2 is 2.18 bits per heavy atom. The summed E-state index contributed by atoms with van der Waals surface area (Å²) in [6.07, 6.45) is 0.102. The van der Waals surface area contributed by atoms with Crippen molar-refractivity contribution in [2.24, 2.45) is 0 Å². The SMILES string of the molecule is COC(=O)c1ccc(C#N)cc1CC(=O)CBr. The fourth-order valence-corrected chi connectivity index (χ4v) is 1.58. The van der Waals surface area contributed by atoms with Gasteiger partial charge in [0, 0.05) is 6.42 Å². The average Bonchev–Trinajstić information content (AvgIpc) is 2.37. The normalized spacial score (nSPS) is 9.47. The van der Waals surface area contributed by atoms with E-state index in [-0.39, 0.29) is 17.5 Å². The summed E-state index contributed by atoms with van der Waals surface area (Å²) >= 11 is 3.06. The third-order valence-corrected chi connectivity index (χ3v) is 2.80. The van der Waals surface area contributed by atoms with Crippen molar-refractivity contribution in [3.63, 3.8) is 0 Å². The summed E-state index contributed by atoms with van der Waals surface area (Å²) in [6.45, 7) is 0. The zero-order valence-corrected chi connectivity index (χ0v) is 10.8. The van der Waals surface area contributed by atoms with E-state index in [1.807, 2.05) is 6.07 Å². The quantitative estimate of drug-likeness (QED) is 0.628. The van der Waals surface area contributed by atoms with E-state index in [9.17, 15) is 9.59 Å². The second-order valence-corrected chi connectivity index (χ2v) is 3.89. The van der Waals surface area contributed by atoms with Crippen LogP contribution in [0.5, 0.6) is 0 Å². The van der Waals surface area contributed by atoms with Crippen molar-refractivity contribution >= 4 is 27.7 Å². The van der Waals surface area contributed by atoms with E-state index in [1.54, 1.807) is 0 Å². The smallest absolute Gasteiger partial charge is 0.338 e. The van der Waals surface area contributed by atoms with Crippen LogP contribution < -0.4 is 0 Å². The Balaban J connectivity index is 3.17. The number of nitrogens with zero attached hydrogens (tertiary/aromatic N) is 1. The van der Waals surface area contributed by atoms with Gasteiger partial charge in [-0.1, -0.05) is 15.9 Å². The van der Waals surface area contributed by atoms with Gasteiger partial charge in [0.15, 0.2) is 0 Å². The van der Waals surface area contributed by atoms with Crippen LogP contribution in [0.25, 0.3) is 0 Å². The minimum absolute atomic E-state index is 0.0646. The molecule has 0 bridgehead atoms. The molecule has 0 spiro atoms. The van der Waals surface area contributed by atoms with Gasteiger partial charge in [-0.3, -0.25) is 4.79 Å². The van der Waals surface area contributed by atoms with Gasteiger partial charge in [-0.05, 0) is 23.8 Å². The molecule has 0 aromatic heterocycles. The summed E-state index contributed by atoms with van der Waals surface area (Å²) < 4.78 is 4.62. The molecule has 1 aromatic rings. The molecule has 0 amide bonds. The summed E-state index contributed by atoms with van der Waals surface area (Å²) in [5.41, 5.74) is 1.25. The Morgan fingerprint density at radius 3 is 2.71 bits per heavy atom. The Hall–Kier alpha value is -1.67. The van der Waals surface area contributed by atoms with Crippen LogP contribution in [-0.4, -0.2) is 24.2 Å². The van der Waals surface area contributed by atoms with Crippen molar-refractivity contribution in [3.8, 4) is 6.07 Å². The molecule has 0 radical (unpaired) electrons. The molecule has 0 saturated heterocycles. The number of esters is 1. The number of hydrogen-bond acceptors (Lipinski definition) is 4. The second kappa shape index (κ2) is 6.16. The van der Waals surface area contributed by atoms with E-state index >= 15 is 0 Å². The molecule has 17 heavy (non-hydrogen) atoms. The number of hydrogen-bond donors (Lipinski definition) is 0. The van der Waals surface area contributed by atoms with E-state index in [0.29, 0.717) is 16.7 Å². The van der Waals surface area contributed by atoms with Crippen LogP contribution in [0.4, 0.5) is 0 Å². The summed E-state index contributed by atoms with van der Waals surface area (Å²) in [6, 6.07) is 6.53. The first-order valence-corrected chi connectivity index (χ1v) is 5.93. The second-order valence-electron chi connectivity index (χ2n) is 3.32. The van der Waals surface area contributed by atoms with Crippen molar-refractivity contribution in [1.29, 1.82) is 5.26 Å². The minimum Gasteiger partial charge on any atom is -0.465 e. The summed E-state index contributed by atoms with van der Waals surface area (Å²) in [5, 5.41) is 8.99. The number of Topliss-reactive ketones (excluding diaryl/α,β-unsaturated/α-hetero) is 1. The lowest BCUT2D eigenvalue weighted by molar-refractivity contribution is -0.115. The van der Waals surface area contributed by atoms with E-state index in [0.717, 1.165) is 0 Å². The van der Waals surface area contributed by atoms with Crippen LogP contribution in [0, 0.1) is 11.3 Å². The molecule has 0 atom stereocenters. The number of nitriles is 1. The molecule has 0 aliphatic carbocycles. The molecule has 0 saturated carbocycles. The van der Waals surface area contributed by atoms with Gasteiger partial charge in [-0.25, -0.2) is 4.79 Å². The number of carbonyl (C=O) groups is 2. The Kier molecular flexibility index (Phi) is 4.85. The highest BCUT2D eigenvalue weighted by atomic mass is 79.9. The highest BCUT2D eigenvalue weighted by molar-refractivity contribution is 9.09. The van der Waals surface area contributed by atoms with Gasteiger partial charge in [0.05, 0.1) is 29.6 Å². The zero-order valence-electron chi connectivity index (χ0n) is 9.20. The Morgan fingerprint density at radius 1 is 1.47 bits per heavy atom. The number of rotatable bonds is 4. The fraction of sp³-hybridized carbons (Fsp3) is 0.250.